The van der Waals surface area contributed by atoms with Crippen LogP contribution in [0.2, 0.25) is 0 Å². The molecule has 128 valence electrons. The normalized spacial score (nSPS) is 19.5. The van der Waals surface area contributed by atoms with E-state index in [2.05, 4.69) is 0 Å². The van der Waals surface area contributed by atoms with Crippen LogP contribution in [0, 0.1) is 5.82 Å². The smallest absolute Gasteiger partial charge is 0.223 e. The van der Waals surface area contributed by atoms with E-state index in [1.54, 1.807) is 18.2 Å². The molecule has 2 aromatic rings. The van der Waals surface area contributed by atoms with Crippen molar-refractivity contribution in [2.45, 2.75) is 21.5 Å². The van der Waals surface area contributed by atoms with E-state index in [4.69, 9.17) is 0 Å². The Morgan fingerprint density at radius 1 is 0.917 bits per heavy atom. The van der Waals surface area contributed by atoms with Crippen LogP contribution < -0.4 is 0 Å². The lowest BCUT2D eigenvalue weighted by Gasteiger charge is -2.17. The molecule has 0 aromatic heterocycles. The van der Waals surface area contributed by atoms with Gasteiger partial charge in [-0.05, 0) is 30.7 Å². The highest BCUT2D eigenvalue weighted by Gasteiger charge is 2.40. The van der Waals surface area contributed by atoms with E-state index < -0.39 is 35.8 Å². The molecule has 5 nitrogen and oxygen atoms in total. The van der Waals surface area contributed by atoms with Crippen LogP contribution in [0.5, 0.6) is 0 Å². The standard InChI is InChI=1S/C16H16FNO4S2/c17-15-8-4-5-9-16(15)24(21,22)18-11-10-14(12-18)23(19,20)13-6-2-1-3-7-13/h1-9,14H,10-12H2. The van der Waals surface area contributed by atoms with Crippen LogP contribution in [-0.4, -0.2) is 39.5 Å². The van der Waals surface area contributed by atoms with E-state index in [1.165, 1.54) is 30.3 Å². The molecule has 0 amide bonds. The summed E-state index contributed by atoms with van der Waals surface area (Å²) in [4.78, 5) is -0.261. The zero-order chi connectivity index (χ0) is 17.4. The third-order valence-corrected chi connectivity index (χ3v) is 8.16. The summed E-state index contributed by atoms with van der Waals surface area (Å²) in [6.07, 6.45) is 0.185. The molecular weight excluding hydrogens is 353 g/mol. The molecule has 0 N–H and O–H groups in total. The van der Waals surface area contributed by atoms with E-state index in [-0.39, 0.29) is 24.4 Å². The van der Waals surface area contributed by atoms with Crippen molar-refractivity contribution >= 4 is 19.9 Å². The number of benzene rings is 2. The second kappa shape index (κ2) is 6.27. The molecule has 0 radical (unpaired) electrons. The number of rotatable bonds is 4. The average Bonchev–Trinajstić information content (AvgIpc) is 3.07. The molecule has 1 atom stereocenters. The van der Waals surface area contributed by atoms with Gasteiger partial charge in [-0.3, -0.25) is 0 Å². The third-order valence-electron chi connectivity index (χ3n) is 4.07. The minimum atomic E-state index is -4.05. The predicted octanol–water partition coefficient (Wildman–Crippen LogP) is 2.06. The third kappa shape index (κ3) is 2.97. The fourth-order valence-electron chi connectivity index (χ4n) is 2.76. The number of halogens is 1. The van der Waals surface area contributed by atoms with Gasteiger partial charge in [0.1, 0.15) is 10.7 Å². The van der Waals surface area contributed by atoms with Crippen molar-refractivity contribution in [1.82, 2.24) is 4.31 Å². The Morgan fingerprint density at radius 3 is 2.21 bits per heavy atom. The van der Waals surface area contributed by atoms with Crippen LogP contribution in [0.1, 0.15) is 6.42 Å². The Hall–Kier alpha value is -1.77. The van der Waals surface area contributed by atoms with E-state index in [0.717, 1.165) is 10.4 Å². The minimum Gasteiger partial charge on any atom is -0.223 e. The van der Waals surface area contributed by atoms with Crippen molar-refractivity contribution in [3.8, 4) is 0 Å². The van der Waals surface area contributed by atoms with Gasteiger partial charge in [-0.2, -0.15) is 4.31 Å². The Bertz CT molecular complexity index is 943. The topological polar surface area (TPSA) is 71.5 Å². The summed E-state index contributed by atoms with van der Waals surface area (Å²) >= 11 is 0. The van der Waals surface area contributed by atoms with Gasteiger partial charge in [0.25, 0.3) is 0 Å². The zero-order valence-corrected chi connectivity index (χ0v) is 14.3. The van der Waals surface area contributed by atoms with E-state index >= 15 is 0 Å². The predicted molar refractivity (Wildman–Crippen MR) is 87.2 cm³/mol. The quantitative estimate of drug-likeness (QED) is 0.827. The molecule has 2 aromatic carbocycles. The van der Waals surface area contributed by atoms with Gasteiger partial charge < -0.3 is 0 Å². The van der Waals surface area contributed by atoms with Crippen LogP contribution in [0.3, 0.4) is 0 Å². The number of hydrogen-bond donors (Lipinski definition) is 0. The average molecular weight is 369 g/mol. The van der Waals surface area contributed by atoms with E-state index in [9.17, 15) is 21.2 Å². The van der Waals surface area contributed by atoms with E-state index in [1.807, 2.05) is 0 Å². The Morgan fingerprint density at radius 2 is 1.54 bits per heavy atom. The summed E-state index contributed by atoms with van der Waals surface area (Å²) in [5.74, 6) is -0.841. The van der Waals surface area contributed by atoms with Gasteiger partial charge in [0.2, 0.25) is 10.0 Å². The second-order valence-corrected chi connectivity index (χ2v) is 9.70. The monoisotopic (exact) mass is 369 g/mol. The summed E-state index contributed by atoms with van der Waals surface area (Å²) in [6, 6.07) is 13.0. The lowest BCUT2D eigenvalue weighted by atomic mass is 10.4. The lowest BCUT2D eigenvalue weighted by Crippen LogP contribution is -2.32. The molecule has 0 spiro atoms. The van der Waals surface area contributed by atoms with Crippen molar-refractivity contribution in [3.63, 3.8) is 0 Å². The van der Waals surface area contributed by atoms with Gasteiger partial charge in [-0.15, -0.1) is 0 Å². The Kier molecular flexibility index (Phi) is 4.46. The molecule has 1 unspecified atom stereocenters. The van der Waals surface area contributed by atoms with Crippen LogP contribution in [0.4, 0.5) is 4.39 Å². The molecular formula is C16H16FNO4S2. The van der Waals surface area contributed by atoms with Crippen molar-refractivity contribution in [2.75, 3.05) is 13.1 Å². The van der Waals surface area contributed by atoms with Crippen LogP contribution in [0.15, 0.2) is 64.4 Å². The first-order valence-electron chi connectivity index (χ1n) is 7.37. The maximum absolute atomic E-state index is 13.8. The first-order chi connectivity index (χ1) is 11.3. The van der Waals surface area contributed by atoms with Gasteiger partial charge in [-0.25, -0.2) is 21.2 Å². The highest BCUT2D eigenvalue weighted by Crippen LogP contribution is 2.28. The molecule has 0 aliphatic carbocycles. The van der Waals surface area contributed by atoms with Crippen molar-refractivity contribution in [2.24, 2.45) is 0 Å². The molecule has 1 aliphatic heterocycles. The number of hydrogen-bond acceptors (Lipinski definition) is 4. The highest BCUT2D eigenvalue weighted by atomic mass is 32.2. The molecule has 1 aliphatic rings. The fraction of sp³-hybridized carbons (Fsp3) is 0.250. The van der Waals surface area contributed by atoms with Gasteiger partial charge in [-0.1, -0.05) is 30.3 Å². The maximum Gasteiger partial charge on any atom is 0.246 e. The molecule has 1 saturated heterocycles. The first kappa shape index (κ1) is 17.1. The second-order valence-electron chi connectivity index (χ2n) is 5.56. The van der Waals surface area contributed by atoms with Crippen LogP contribution >= 0.6 is 0 Å². The molecule has 8 heteroatoms. The van der Waals surface area contributed by atoms with Crippen molar-refractivity contribution < 1.29 is 21.2 Å². The highest BCUT2D eigenvalue weighted by molar-refractivity contribution is 7.92. The molecule has 1 heterocycles. The molecule has 3 rings (SSSR count). The minimum absolute atomic E-state index is 0.0490. The summed E-state index contributed by atoms with van der Waals surface area (Å²) in [6.45, 7) is -0.124. The van der Waals surface area contributed by atoms with Crippen molar-refractivity contribution in [3.05, 3.63) is 60.4 Å². The number of sulfonamides is 1. The maximum atomic E-state index is 13.8. The fourth-order valence-corrected chi connectivity index (χ4v) is 6.14. The zero-order valence-electron chi connectivity index (χ0n) is 12.7. The number of sulfone groups is 1. The molecule has 0 saturated carbocycles. The van der Waals surface area contributed by atoms with Crippen LogP contribution in [-0.2, 0) is 19.9 Å². The molecule has 0 bridgehead atoms. The van der Waals surface area contributed by atoms with E-state index in [0.29, 0.717) is 0 Å². The van der Waals surface area contributed by atoms with Gasteiger partial charge >= 0.3 is 0 Å². The Balaban J connectivity index is 1.87. The summed E-state index contributed by atoms with van der Waals surface area (Å²) < 4.78 is 65.2. The summed E-state index contributed by atoms with van der Waals surface area (Å²) in [5.41, 5.74) is 0. The summed E-state index contributed by atoms with van der Waals surface area (Å²) in [7, 11) is -7.67. The van der Waals surface area contributed by atoms with Crippen molar-refractivity contribution in [1.29, 1.82) is 0 Å². The van der Waals surface area contributed by atoms with Crippen LogP contribution in [0.25, 0.3) is 0 Å². The molecule has 24 heavy (non-hydrogen) atoms. The lowest BCUT2D eigenvalue weighted by molar-refractivity contribution is 0.469. The molecule has 1 fully saturated rings. The largest absolute Gasteiger partial charge is 0.246 e. The van der Waals surface area contributed by atoms with Gasteiger partial charge in [0.05, 0.1) is 10.1 Å². The Labute approximate surface area is 140 Å². The first-order valence-corrected chi connectivity index (χ1v) is 10.4. The SMILES string of the molecule is O=S(=O)(c1ccccc1)C1CCN(S(=O)(=O)c2ccccc2F)C1. The van der Waals surface area contributed by atoms with Gasteiger partial charge in [0, 0.05) is 13.1 Å². The number of nitrogens with zero attached hydrogens (tertiary/aromatic N) is 1. The van der Waals surface area contributed by atoms with Gasteiger partial charge in [0.15, 0.2) is 9.84 Å². The summed E-state index contributed by atoms with van der Waals surface area (Å²) in [5, 5.41) is -0.832.